The van der Waals surface area contributed by atoms with Gasteiger partial charge in [-0.25, -0.2) is 0 Å². The Morgan fingerprint density at radius 1 is 1.36 bits per heavy atom. The molecule has 3 saturated heterocycles. The largest absolute Gasteiger partial charge is 0.465 e. The minimum Gasteiger partial charge on any atom is -0.465 e. The summed E-state index contributed by atoms with van der Waals surface area (Å²) in [6.45, 7) is 9.33. The lowest BCUT2D eigenvalue weighted by atomic mass is 9.70. The number of anilines is 1. The molecule has 3 heterocycles. The molecule has 3 fully saturated rings. The molecule has 1 aromatic rings. The number of fused-ring (bicyclic) bond motifs is 1. The van der Waals surface area contributed by atoms with Crippen LogP contribution in [0.3, 0.4) is 0 Å². The number of unbranched alkanes of at least 4 members (excludes halogenated alkanes) is 1. The average Bonchev–Trinajstić information content (AvgIpc) is 3.49. The van der Waals surface area contributed by atoms with Crippen molar-refractivity contribution >= 4 is 35.1 Å². The summed E-state index contributed by atoms with van der Waals surface area (Å²) in [6.07, 6.45) is 5.21. The van der Waals surface area contributed by atoms with Gasteiger partial charge in [0.05, 0.1) is 41.9 Å². The Balaban J connectivity index is 1.71. The number of para-hydroxylation sites is 1. The van der Waals surface area contributed by atoms with Crippen LogP contribution in [-0.4, -0.2) is 71.8 Å². The maximum atomic E-state index is 14.3. The summed E-state index contributed by atoms with van der Waals surface area (Å²) < 4.78 is 11.9. The molecule has 1 N–H and O–H groups in total. The fourth-order valence-electron chi connectivity index (χ4n) is 6.08. The zero-order valence-corrected chi connectivity index (χ0v) is 21.3. The number of aliphatic hydroxyl groups excluding tert-OH is 1. The Labute approximate surface area is 216 Å². The zero-order chi connectivity index (χ0) is 26.0. The van der Waals surface area contributed by atoms with E-state index in [2.05, 4.69) is 13.2 Å². The molecule has 9 heteroatoms. The van der Waals surface area contributed by atoms with Crippen LogP contribution in [0, 0.1) is 18.8 Å². The molecule has 1 aromatic carbocycles. The Morgan fingerprint density at radius 2 is 2.14 bits per heavy atom. The van der Waals surface area contributed by atoms with Gasteiger partial charge in [-0.2, -0.15) is 0 Å². The smallest absolute Gasteiger partial charge is 0.312 e. The number of β-amino-alcohol motifs (C(OH)–C–C–N with tert-alkyl or cyclic N) is 1. The van der Waals surface area contributed by atoms with Gasteiger partial charge in [0.1, 0.15) is 11.6 Å². The minimum absolute atomic E-state index is 0.0496. The molecule has 1 spiro atoms. The monoisotopic (exact) mass is 516 g/mol. The summed E-state index contributed by atoms with van der Waals surface area (Å²) in [7, 11) is 0. The SMILES string of the molecule is C=CCCCOC(=O)[C@@H]1[C@@H]2CCC3(O2)C(C(=O)N(CC=C)c2c(C)cccc2Cl)N(CCO)C(=O)[C@H]13. The van der Waals surface area contributed by atoms with E-state index in [0.717, 1.165) is 5.56 Å². The number of ether oxygens (including phenoxy) is 2. The van der Waals surface area contributed by atoms with E-state index in [-0.39, 0.29) is 38.1 Å². The number of aliphatic hydroxyl groups is 1. The first-order valence-corrected chi connectivity index (χ1v) is 12.7. The van der Waals surface area contributed by atoms with Crippen molar-refractivity contribution in [2.45, 2.75) is 50.4 Å². The van der Waals surface area contributed by atoms with Crippen LogP contribution in [0.15, 0.2) is 43.5 Å². The molecule has 2 bridgehead atoms. The number of halogens is 1. The van der Waals surface area contributed by atoms with E-state index in [4.69, 9.17) is 21.1 Å². The van der Waals surface area contributed by atoms with Crippen LogP contribution in [0.2, 0.25) is 5.02 Å². The van der Waals surface area contributed by atoms with Crippen molar-refractivity contribution in [3.63, 3.8) is 0 Å². The quantitative estimate of drug-likeness (QED) is 0.276. The van der Waals surface area contributed by atoms with Crippen molar-refractivity contribution in [3.8, 4) is 0 Å². The highest BCUT2D eigenvalue weighted by Gasteiger charge is 2.75. The van der Waals surface area contributed by atoms with E-state index in [9.17, 15) is 19.5 Å². The molecule has 3 aliphatic rings. The Bertz CT molecular complexity index is 1040. The number of esters is 1. The first-order chi connectivity index (χ1) is 17.3. The Kier molecular flexibility index (Phi) is 7.87. The van der Waals surface area contributed by atoms with E-state index < -0.39 is 35.6 Å². The van der Waals surface area contributed by atoms with Gasteiger partial charge >= 0.3 is 5.97 Å². The fourth-order valence-corrected chi connectivity index (χ4v) is 6.40. The number of aryl methyl sites for hydroxylation is 1. The normalized spacial score (nSPS) is 28.2. The van der Waals surface area contributed by atoms with Crippen molar-refractivity contribution in [3.05, 3.63) is 54.1 Å². The van der Waals surface area contributed by atoms with E-state index in [1.807, 2.05) is 13.0 Å². The van der Waals surface area contributed by atoms with E-state index in [1.165, 1.54) is 9.80 Å². The second-order valence-electron chi connectivity index (χ2n) is 9.55. The molecule has 36 heavy (non-hydrogen) atoms. The number of hydrogen-bond donors (Lipinski definition) is 1. The van der Waals surface area contributed by atoms with Crippen LogP contribution < -0.4 is 4.90 Å². The average molecular weight is 517 g/mol. The summed E-state index contributed by atoms with van der Waals surface area (Å²) in [5.74, 6) is -2.86. The molecule has 4 rings (SSSR count). The van der Waals surface area contributed by atoms with E-state index in [1.54, 1.807) is 24.3 Å². The van der Waals surface area contributed by atoms with Gasteiger partial charge in [-0.05, 0) is 44.2 Å². The van der Waals surface area contributed by atoms with Crippen LogP contribution in [0.1, 0.15) is 31.2 Å². The highest BCUT2D eigenvalue weighted by molar-refractivity contribution is 6.34. The van der Waals surface area contributed by atoms with Crippen LogP contribution >= 0.6 is 11.6 Å². The van der Waals surface area contributed by atoms with Crippen molar-refractivity contribution < 1.29 is 29.0 Å². The van der Waals surface area contributed by atoms with Gasteiger partial charge in [-0.1, -0.05) is 35.9 Å². The van der Waals surface area contributed by atoms with Crippen molar-refractivity contribution in [1.82, 2.24) is 4.90 Å². The molecule has 2 unspecified atom stereocenters. The summed E-state index contributed by atoms with van der Waals surface area (Å²) in [5, 5.41) is 10.2. The molecule has 194 valence electrons. The molecule has 0 radical (unpaired) electrons. The first kappa shape index (κ1) is 26.4. The topological polar surface area (TPSA) is 96.4 Å². The highest BCUT2D eigenvalue weighted by atomic mass is 35.5. The van der Waals surface area contributed by atoms with Crippen molar-refractivity contribution in [1.29, 1.82) is 0 Å². The molecule has 8 nitrogen and oxygen atoms in total. The number of hydrogen-bond acceptors (Lipinski definition) is 6. The fraction of sp³-hybridized carbons (Fsp3) is 0.519. The third kappa shape index (κ3) is 4.25. The number of carbonyl (C=O) groups is 3. The molecule has 3 aliphatic heterocycles. The van der Waals surface area contributed by atoms with Crippen LogP contribution in [-0.2, 0) is 23.9 Å². The zero-order valence-electron chi connectivity index (χ0n) is 20.5. The van der Waals surface area contributed by atoms with Crippen LogP contribution in [0.4, 0.5) is 5.69 Å². The molecule has 0 aliphatic carbocycles. The molecule has 2 amide bonds. The lowest BCUT2D eigenvalue weighted by Gasteiger charge is -2.37. The number of likely N-dealkylation sites (tertiary alicyclic amines) is 1. The predicted molar refractivity (Wildman–Crippen MR) is 136 cm³/mol. The predicted octanol–water partition coefficient (Wildman–Crippen LogP) is 3.04. The van der Waals surface area contributed by atoms with Crippen molar-refractivity contribution in [2.75, 3.05) is 31.2 Å². The first-order valence-electron chi connectivity index (χ1n) is 12.4. The maximum Gasteiger partial charge on any atom is 0.312 e. The second-order valence-corrected chi connectivity index (χ2v) is 9.96. The number of rotatable bonds is 11. The second kappa shape index (κ2) is 10.7. The third-order valence-corrected chi connectivity index (χ3v) is 7.79. The minimum atomic E-state index is -1.17. The van der Waals surface area contributed by atoms with Gasteiger partial charge in [0.15, 0.2) is 0 Å². The summed E-state index contributed by atoms with van der Waals surface area (Å²) >= 11 is 6.51. The van der Waals surface area contributed by atoms with Crippen molar-refractivity contribution in [2.24, 2.45) is 11.8 Å². The van der Waals surface area contributed by atoms with Gasteiger partial charge in [0.25, 0.3) is 5.91 Å². The summed E-state index contributed by atoms with van der Waals surface area (Å²) in [5.41, 5.74) is 0.154. The lowest BCUT2D eigenvalue weighted by molar-refractivity contribution is -0.155. The van der Waals surface area contributed by atoms with Crippen LogP contribution in [0.5, 0.6) is 0 Å². The number of nitrogens with zero attached hydrogens (tertiary/aromatic N) is 2. The van der Waals surface area contributed by atoms with Gasteiger partial charge in [0.2, 0.25) is 5.91 Å². The number of amides is 2. The number of carbonyl (C=O) groups excluding carboxylic acids is 3. The molecular formula is C27H33ClN2O6. The van der Waals surface area contributed by atoms with Gasteiger partial charge in [-0.15, -0.1) is 13.2 Å². The molecule has 0 aromatic heterocycles. The summed E-state index contributed by atoms with van der Waals surface area (Å²) in [6, 6.07) is 4.35. The van der Waals surface area contributed by atoms with Gasteiger partial charge in [-0.3, -0.25) is 14.4 Å². The number of allylic oxidation sites excluding steroid dienone is 1. The van der Waals surface area contributed by atoms with Crippen LogP contribution in [0.25, 0.3) is 0 Å². The standard InChI is InChI=1S/C27H33ClN2O6/c1-4-6-7-16-35-26(34)20-19-11-12-27(36-19)21(20)24(32)30(14-15-31)23(27)25(33)29(13-5-2)22-17(3)9-8-10-18(22)28/h4-5,8-10,19-21,23,31H,1-2,6-7,11-16H2,3H3/t19-,20+,21-,23?,27?/m0/s1. The van der Waals surface area contributed by atoms with Gasteiger partial charge < -0.3 is 24.4 Å². The Hall–Kier alpha value is -2.68. The lowest BCUT2D eigenvalue weighted by Crippen LogP contribution is -2.57. The molecular weight excluding hydrogens is 484 g/mol. The Morgan fingerprint density at radius 3 is 2.81 bits per heavy atom. The summed E-state index contributed by atoms with van der Waals surface area (Å²) in [4.78, 5) is 44.0. The molecule has 5 atom stereocenters. The maximum absolute atomic E-state index is 14.3. The highest BCUT2D eigenvalue weighted by Crippen LogP contribution is 2.59. The molecule has 0 saturated carbocycles. The van der Waals surface area contributed by atoms with Gasteiger partial charge in [0, 0.05) is 13.1 Å². The van der Waals surface area contributed by atoms with E-state index in [0.29, 0.717) is 36.4 Å². The number of benzene rings is 1. The third-order valence-electron chi connectivity index (χ3n) is 7.48. The van der Waals surface area contributed by atoms with E-state index >= 15 is 0 Å².